The van der Waals surface area contributed by atoms with Crippen LogP contribution in [-0.2, 0) is 19.1 Å². The lowest BCUT2D eigenvalue weighted by atomic mass is 9.66. The summed E-state index contributed by atoms with van der Waals surface area (Å²) >= 11 is 1.65. The van der Waals surface area contributed by atoms with Crippen molar-refractivity contribution in [2.24, 2.45) is 17.8 Å². The quantitative estimate of drug-likeness (QED) is 0.231. The summed E-state index contributed by atoms with van der Waals surface area (Å²) in [6.07, 6.45) is 6.05. The van der Waals surface area contributed by atoms with E-state index in [4.69, 9.17) is 4.74 Å². The van der Waals surface area contributed by atoms with Crippen LogP contribution in [0.15, 0.2) is 67.8 Å². The molecule has 2 aromatic rings. The molecule has 40 heavy (non-hydrogen) atoms. The molecule has 3 unspecified atom stereocenters. The van der Waals surface area contributed by atoms with E-state index >= 15 is 0 Å². The van der Waals surface area contributed by atoms with Crippen molar-refractivity contribution in [3.05, 3.63) is 67.8 Å². The summed E-state index contributed by atoms with van der Waals surface area (Å²) in [4.78, 5) is 45.7. The first-order valence-corrected chi connectivity index (χ1v) is 15.0. The fraction of sp³-hybridized carbons (Fsp3) is 0.469. The van der Waals surface area contributed by atoms with E-state index in [1.54, 1.807) is 27.6 Å². The van der Waals surface area contributed by atoms with Gasteiger partial charge in [-0.3, -0.25) is 14.4 Å². The molecule has 7 nitrogen and oxygen atoms in total. The molecule has 8 heteroatoms. The molecule has 1 spiro atoms. The number of hydrogen-bond acceptors (Lipinski definition) is 6. The van der Waals surface area contributed by atoms with Gasteiger partial charge in [0, 0.05) is 30.6 Å². The van der Waals surface area contributed by atoms with Gasteiger partial charge < -0.3 is 19.6 Å². The van der Waals surface area contributed by atoms with E-state index in [1.165, 1.54) is 6.08 Å². The standard InChI is InChI=1S/C32H38N2O5S/c1-4-15-33(24-14-13-22-11-7-8-12-23(22)20-24)30(37)28-32-21(3)19-25(40-32)26(31(38)39-18-5-2)27(32)29(36)34(28)16-9-6-10-17-35/h4-5,7-8,11-14,20-21,25-28,35H,1-2,6,9-10,15-19H2,3H3/t21?,25-,26+,27+,28?,32?/m1/s1. The Morgan fingerprint density at radius 1 is 1.15 bits per heavy atom. The van der Waals surface area contributed by atoms with Crippen LogP contribution in [0.4, 0.5) is 5.69 Å². The second-order valence-electron chi connectivity index (χ2n) is 11.1. The van der Waals surface area contributed by atoms with Crippen LogP contribution < -0.4 is 4.90 Å². The lowest BCUT2D eigenvalue weighted by molar-refractivity contribution is -0.153. The molecule has 3 saturated heterocycles. The summed E-state index contributed by atoms with van der Waals surface area (Å²) in [7, 11) is 0. The van der Waals surface area contributed by atoms with E-state index in [1.807, 2.05) is 42.5 Å². The Kier molecular flexibility index (Phi) is 8.38. The van der Waals surface area contributed by atoms with Crippen molar-refractivity contribution >= 4 is 46.0 Å². The van der Waals surface area contributed by atoms with Crippen molar-refractivity contribution in [3.63, 3.8) is 0 Å². The highest BCUT2D eigenvalue weighted by Gasteiger charge is 2.76. The number of rotatable bonds is 12. The van der Waals surface area contributed by atoms with Crippen molar-refractivity contribution < 1.29 is 24.2 Å². The number of ether oxygens (including phenoxy) is 1. The normalized spacial score (nSPS) is 28.5. The number of hydrogen-bond donors (Lipinski definition) is 1. The van der Waals surface area contributed by atoms with Crippen molar-refractivity contribution in [1.82, 2.24) is 4.90 Å². The molecule has 0 saturated carbocycles. The molecule has 5 rings (SSSR count). The number of carbonyl (C=O) groups excluding carboxylic acids is 3. The average Bonchev–Trinajstić information content (AvgIpc) is 3.55. The van der Waals surface area contributed by atoms with Gasteiger partial charge in [0.25, 0.3) is 5.91 Å². The van der Waals surface area contributed by atoms with Gasteiger partial charge in [0.15, 0.2) is 0 Å². The molecular weight excluding hydrogens is 524 g/mol. The Morgan fingerprint density at radius 3 is 2.65 bits per heavy atom. The van der Waals surface area contributed by atoms with Crippen molar-refractivity contribution in [1.29, 1.82) is 0 Å². The zero-order valence-electron chi connectivity index (χ0n) is 23.0. The predicted octanol–water partition coefficient (Wildman–Crippen LogP) is 4.59. The number of likely N-dealkylation sites (tertiary alicyclic amines) is 1. The van der Waals surface area contributed by atoms with Gasteiger partial charge in [0.2, 0.25) is 5.91 Å². The minimum absolute atomic E-state index is 0.0679. The molecule has 3 fully saturated rings. The smallest absolute Gasteiger partial charge is 0.311 e. The Morgan fingerprint density at radius 2 is 1.93 bits per heavy atom. The monoisotopic (exact) mass is 562 g/mol. The van der Waals surface area contributed by atoms with Crippen LogP contribution in [0.25, 0.3) is 10.8 Å². The van der Waals surface area contributed by atoms with E-state index in [-0.39, 0.29) is 42.2 Å². The predicted molar refractivity (Wildman–Crippen MR) is 159 cm³/mol. The molecule has 3 aliphatic rings. The first-order valence-electron chi connectivity index (χ1n) is 14.2. The Hall–Kier alpha value is -3.10. The summed E-state index contributed by atoms with van der Waals surface area (Å²) < 4.78 is 4.76. The number of benzene rings is 2. The molecule has 6 atom stereocenters. The van der Waals surface area contributed by atoms with Crippen molar-refractivity contribution in [2.45, 2.75) is 48.6 Å². The van der Waals surface area contributed by atoms with Crippen LogP contribution in [0.2, 0.25) is 0 Å². The molecule has 0 aliphatic carbocycles. The number of amides is 2. The largest absolute Gasteiger partial charge is 0.461 e. The molecule has 2 amide bonds. The third-order valence-electron chi connectivity index (χ3n) is 8.77. The third-order valence-corrected chi connectivity index (χ3v) is 10.9. The minimum atomic E-state index is -0.718. The van der Waals surface area contributed by atoms with E-state index in [0.29, 0.717) is 25.9 Å². The van der Waals surface area contributed by atoms with Crippen LogP contribution in [0, 0.1) is 17.8 Å². The molecule has 2 bridgehead atoms. The number of unbranched alkanes of at least 4 members (excludes halogenated alkanes) is 2. The number of aliphatic hydroxyl groups excluding tert-OH is 1. The Bertz CT molecular complexity index is 1310. The molecule has 3 aliphatic heterocycles. The van der Waals surface area contributed by atoms with Gasteiger partial charge >= 0.3 is 5.97 Å². The summed E-state index contributed by atoms with van der Waals surface area (Å²) in [5, 5.41) is 11.3. The second-order valence-corrected chi connectivity index (χ2v) is 12.6. The van der Waals surface area contributed by atoms with E-state index in [0.717, 1.165) is 29.3 Å². The molecule has 3 heterocycles. The maximum absolute atomic E-state index is 14.7. The number of esters is 1. The third kappa shape index (κ3) is 4.65. The summed E-state index contributed by atoms with van der Waals surface area (Å²) in [5.74, 6) is -1.79. The zero-order valence-corrected chi connectivity index (χ0v) is 23.9. The molecular formula is C32H38N2O5S. The van der Waals surface area contributed by atoms with E-state index < -0.39 is 22.6 Å². The number of fused-ring (bicyclic) bond motifs is 2. The van der Waals surface area contributed by atoms with E-state index in [9.17, 15) is 19.5 Å². The maximum atomic E-state index is 14.7. The van der Waals surface area contributed by atoms with Gasteiger partial charge in [-0.05, 0) is 54.5 Å². The lowest BCUT2D eigenvalue weighted by Crippen LogP contribution is -2.57. The first kappa shape index (κ1) is 28.4. The van der Waals surface area contributed by atoms with Crippen molar-refractivity contribution in [2.75, 3.05) is 31.2 Å². The highest BCUT2D eigenvalue weighted by molar-refractivity contribution is 8.02. The first-order chi connectivity index (χ1) is 19.4. The van der Waals surface area contributed by atoms with E-state index in [2.05, 4.69) is 20.1 Å². The average molecular weight is 563 g/mol. The fourth-order valence-electron chi connectivity index (χ4n) is 7.06. The molecule has 1 N–H and O–H groups in total. The van der Waals surface area contributed by atoms with Gasteiger partial charge in [-0.2, -0.15) is 0 Å². The molecule has 2 aromatic carbocycles. The van der Waals surface area contributed by atoms with Crippen LogP contribution in [0.3, 0.4) is 0 Å². The maximum Gasteiger partial charge on any atom is 0.311 e. The van der Waals surface area contributed by atoms with Crippen LogP contribution in [-0.4, -0.2) is 70.1 Å². The Labute approximate surface area is 240 Å². The molecule has 212 valence electrons. The van der Waals surface area contributed by atoms with Gasteiger partial charge in [-0.15, -0.1) is 18.3 Å². The van der Waals surface area contributed by atoms with Crippen molar-refractivity contribution in [3.8, 4) is 0 Å². The Balaban J connectivity index is 1.56. The highest BCUT2D eigenvalue weighted by atomic mass is 32.2. The second kappa shape index (κ2) is 11.8. The topological polar surface area (TPSA) is 87.1 Å². The summed E-state index contributed by atoms with van der Waals surface area (Å²) in [6.45, 7) is 10.6. The van der Waals surface area contributed by atoms with Gasteiger partial charge in [0.1, 0.15) is 12.6 Å². The SMILES string of the molecule is C=CCOC(=O)[C@@H]1[C@H]2C(=O)N(CCCCCO)C(C(=O)N(CC=C)c3ccc4ccccc4c3)C23S[C@@H]1CC3C. The summed E-state index contributed by atoms with van der Waals surface area (Å²) in [6, 6.07) is 13.3. The molecule has 0 aromatic heterocycles. The summed E-state index contributed by atoms with van der Waals surface area (Å²) in [5.41, 5.74) is 0.753. The number of aliphatic hydroxyl groups is 1. The van der Waals surface area contributed by atoms with Crippen LogP contribution >= 0.6 is 11.8 Å². The number of anilines is 1. The zero-order chi connectivity index (χ0) is 28.4. The molecule has 0 radical (unpaired) electrons. The number of nitrogens with zero attached hydrogens (tertiary/aromatic N) is 2. The lowest BCUT2D eigenvalue weighted by Gasteiger charge is -2.40. The van der Waals surface area contributed by atoms with Crippen LogP contribution in [0.5, 0.6) is 0 Å². The highest BCUT2D eigenvalue weighted by Crippen LogP contribution is 2.68. The van der Waals surface area contributed by atoms with Gasteiger partial charge in [-0.25, -0.2) is 0 Å². The van der Waals surface area contributed by atoms with Gasteiger partial charge in [-0.1, -0.05) is 56.0 Å². The van der Waals surface area contributed by atoms with Crippen LogP contribution in [0.1, 0.15) is 32.6 Å². The fourth-order valence-corrected chi connectivity index (χ4v) is 9.46. The number of carbonyl (C=O) groups is 3. The van der Waals surface area contributed by atoms with Gasteiger partial charge in [0.05, 0.1) is 16.6 Å². The number of thioether (sulfide) groups is 1. The minimum Gasteiger partial charge on any atom is -0.461 e.